The van der Waals surface area contributed by atoms with Gasteiger partial charge in [-0.15, -0.1) is 6.58 Å². The number of hydrazone groups is 1. The van der Waals surface area contributed by atoms with E-state index in [0.29, 0.717) is 44.4 Å². The van der Waals surface area contributed by atoms with Gasteiger partial charge in [0, 0.05) is 52.1 Å². The smallest absolute Gasteiger partial charge is 0.390 e. The highest BCUT2D eigenvalue weighted by Gasteiger charge is 2.32. The lowest BCUT2D eigenvalue weighted by Gasteiger charge is -2.38. The van der Waals surface area contributed by atoms with Crippen molar-refractivity contribution in [2.24, 2.45) is 10.1 Å². The third-order valence-corrected chi connectivity index (χ3v) is 7.37. The van der Waals surface area contributed by atoms with Crippen molar-refractivity contribution in [2.45, 2.75) is 46.2 Å². The van der Waals surface area contributed by atoms with Crippen LogP contribution in [0.1, 0.15) is 45.6 Å². The summed E-state index contributed by atoms with van der Waals surface area (Å²) in [6.07, 6.45) is 0.767. The Morgan fingerprint density at radius 1 is 1.12 bits per heavy atom. The number of alkyl halides is 3. The number of aliphatic imine (C=N–C) groups is 1. The fourth-order valence-corrected chi connectivity index (χ4v) is 4.86. The predicted molar refractivity (Wildman–Crippen MR) is 185 cm³/mol. The van der Waals surface area contributed by atoms with Crippen molar-refractivity contribution in [1.82, 2.24) is 20.1 Å². The normalized spacial score (nSPS) is 14.8. The summed E-state index contributed by atoms with van der Waals surface area (Å²) in [7, 11) is 1.67. The van der Waals surface area contributed by atoms with Gasteiger partial charge in [0.2, 0.25) is 11.8 Å². The third-order valence-electron chi connectivity index (χ3n) is 7.05. The molecule has 2 aliphatic rings. The summed E-state index contributed by atoms with van der Waals surface area (Å²) in [6, 6.07) is 2.52. The van der Waals surface area contributed by atoms with Gasteiger partial charge in [-0.3, -0.25) is 19.4 Å². The summed E-state index contributed by atoms with van der Waals surface area (Å²) in [5.74, 6) is -1.38. The first kappa shape index (κ1) is 41.9. The van der Waals surface area contributed by atoms with Crippen molar-refractivity contribution in [3.8, 4) is 0 Å². The molecule has 3 rings (SSSR count). The number of halogens is 4. The molecule has 0 atom stereocenters. The molecule has 0 saturated carbocycles. The molecular weight excluding hydrogens is 651 g/mol. The summed E-state index contributed by atoms with van der Waals surface area (Å²) < 4.78 is 43.7. The van der Waals surface area contributed by atoms with E-state index in [-0.39, 0.29) is 28.7 Å². The highest BCUT2D eigenvalue weighted by Crippen LogP contribution is 2.33. The molecule has 1 saturated heterocycles. The maximum atomic E-state index is 13.5. The minimum absolute atomic E-state index is 0.0447. The Morgan fingerprint density at radius 2 is 1.77 bits per heavy atom. The maximum Gasteiger partial charge on any atom is 0.416 e. The predicted octanol–water partition coefficient (Wildman–Crippen LogP) is 5.36. The number of piperazine rings is 1. The first-order valence-electron chi connectivity index (χ1n) is 15.6. The van der Waals surface area contributed by atoms with Crippen molar-refractivity contribution in [3.05, 3.63) is 64.5 Å². The van der Waals surface area contributed by atoms with E-state index >= 15 is 0 Å². The summed E-state index contributed by atoms with van der Waals surface area (Å²) in [5, 5.41) is 9.66. The number of carbonyl (C=O) groups excluding carboxylic acids is 3. The van der Waals surface area contributed by atoms with Gasteiger partial charge in [0.15, 0.2) is 0 Å². The quantitative estimate of drug-likeness (QED) is 0.131. The van der Waals surface area contributed by atoms with Crippen molar-refractivity contribution >= 4 is 48.4 Å². The van der Waals surface area contributed by atoms with Crippen LogP contribution < -0.4 is 10.6 Å². The van der Waals surface area contributed by atoms with Crippen molar-refractivity contribution in [3.63, 3.8) is 0 Å². The van der Waals surface area contributed by atoms with Gasteiger partial charge in [-0.05, 0) is 43.3 Å². The molecule has 11 nitrogen and oxygen atoms in total. The van der Waals surface area contributed by atoms with Crippen LogP contribution in [0.3, 0.4) is 0 Å². The number of anilines is 1. The van der Waals surface area contributed by atoms with E-state index in [1.54, 1.807) is 11.9 Å². The molecule has 48 heavy (non-hydrogen) atoms. The average molecular weight is 698 g/mol. The largest absolute Gasteiger partial charge is 0.416 e. The second kappa shape index (κ2) is 21.7. The molecule has 0 radical (unpaired) electrons. The van der Waals surface area contributed by atoms with Gasteiger partial charge in [0.25, 0.3) is 5.91 Å². The van der Waals surface area contributed by atoms with Crippen molar-refractivity contribution in [2.75, 3.05) is 64.8 Å². The van der Waals surface area contributed by atoms with E-state index in [2.05, 4.69) is 46.8 Å². The number of hydrogen-bond acceptors (Lipinski definition) is 8. The van der Waals surface area contributed by atoms with Crippen LogP contribution >= 0.6 is 11.6 Å². The van der Waals surface area contributed by atoms with Crippen LogP contribution in [0.4, 0.5) is 18.9 Å². The van der Waals surface area contributed by atoms with E-state index < -0.39 is 30.1 Å². The Labute approximate surface area is 286 Å². The number of ether oxygens (including phenoxy) is 1. The van der Waals surface area contributed by atoms with Crippen LogP contribution in [-0.2, 0) is 25.3 Å². The topological polar surface area (TPSA) is 119 Å². The van der Waals surface area contributed by atoms with Gasteiger partial charge < -0.3 is 25.2 Å². The minimum Gasteiger partial charge on any atom is -0.390 e. The Balaban J connectivity index is 0.000000890. The Hall–Kier alpha value is -4.17. The summed E-state index contributed by atoms with van der Waals surface area (Å²) in [4.78, 5) is 45.6. The van der Waals surface area contributed by atoms with Crippen LogP contribution in [-0.4, -0.2) is 105 Å². The molecule has 266 valence electrons. The number of allylic oxidation sites excluding steroid dienone is 1. The van der Waals surface area contributed by atoms with Crippen LogP contribution in [0.15, 0.2) is 64.0 Å². The lowest BCUT2D eigenvalue weighted by atomic mass is 10.1. The molecule has 2 heterocycles. The van der Waals surface area contributed by atoms with E-state index in [1.807, 2.05) is 25.7 Å². The standard InChI is InChI=1S/C24H30ClF3N6O3.C7H11NO.C2H6/c1-5-7-21(36)32-10-12-33(13-11-32)22(18(6-2)29-3)23(37)34(30-4)15-20(35)31-19-9-8-16(14-17(19)25)24(26,27)28;1-8-6-7-2-4-9-5-3-7;1-2/h5,8-9,14,29H,1,4,6-7,10-13,15H2,2-3H3,(H,31,35);2H,1,3-6H2;1-2H3/b22-18+;;. The van der Waals surface area contributed by atoms with Crippen molar-refractivity contribution in [1.29, 1.82) is 0 Å². The zero-order chi connectivity index (χ0) is 36.3. The number of amides is 3. The van der Waals surface area contributed by atoms with Gasteiger partial charge >= 0.3 is 6.18 Å². The van der Waals surface area contributed by atoms with Gasteiger partial charge in [-0.2, -0.15) is 18.3 Å². The van der Waals surface area contributed by atoms with E-state index in [0.717, 1.165) is 43.3 Å². The Bertz CT molecular complexity index is 1320. The molecule has 0 unspecified atom stereocenters. The molecule has 15 heteroatoms. The molecule has 2 N–H and O–H groups in total. The zero-order valence-electron chi connectivity index (χ0n) is 28.2. The molecule has 0 aromatic heterocycles. The molecule has 3 amide bonds. The zero-order valence-corrected chi connectivity index (χ0v) is 28.9. The maximum absolute atomic E-state index is 13.5. The Morgan fingerprint density at radius 3 is 2.25 bits per heavy atom. The summed E-state index contributed by atoms with van der Waals surface area (Å²) in [6.45, 7) is 19.6. The van der Waals surface area contributed by atoms with Gasteiger partial charge in [0.1, 0.15) is 12.2 Å². The monoisotopic (exact) mass is 697 g/mol. The highest BCUT2D eigenvalue weighted by molar-refractivity contribution is 6.33. The van der Waals surface area contributed by atoms with Crippen LogP contribution in [0.2, 0.25) is 5.02 Å². The summed E-state index contributed by atoms with van der Waals surface area (Å²) in [5.41, 5.74) is 1.25. The second-order valence-electron chi connectivity index (χ2n) is 10.1. The second-order valence-corrected chi connectivity index (χ2v) is 10.5. The van der Waals surface area contributed by atoms with Gasteiger partial charge in [0.05, 0.1) is 36.0 Å². The molecule has 1 aromatic carbocycles. The first-order chi connectivity index (χ1) is 22.9. The molecule has 0 aliphatic carbocycles. The number of benzene rings is 1. The third kappa shape index (κ3) is 13.1. The summed E-state index contributed by atoms with van der Waals surface area (Å²) >= 11 is 5.91. The van der Waals surface area contributed by atoms with E-state index in [1.165, 1.54) is 11.6 Å². The molecular formula is C33H47ClF3N7O4. The number of nitrogens with one attached hydrogen (secondary N) is 2. The molecule has 2 aliphatic heterocycles. The minimum atomic E-state index is -4.58. The SMILES string of the molecule is C=CCC(=O)N1CCN(/C(C(=O)N(CC(=O)Nc2ccc(C(F)(F)F)cc2Cl)N=C)=C(\CC)NC)CC1.C=NCC1=CCOCC1.CC. The van der Waals surface area contributed by atoms with E-state index in [4.69, 9.17) is 16.3 Å². The number of carbonyl (C=O) groups is 3. The van der Waals surface area contributed by atoms with Gasteiger partial charge in [-0.25, -0.2) is 5.01 Å². The first-order valence-corrected chi connectivity index (χ1v) is 16.0. The fourth-order valence-electron chi connectivity index (χ4n) is 4.63. The lowest BCUT2D eigenvalue weighted by molar-refractivity contribution is -0.137. The molecule has 0 bridgehead atoms. The average Bonchev–Trinajstić information content (AvgIpc) is 3.08. The number of nitrogens with zero attached hydrogens (tertiary/aromatic N) is 5. The number of hydrogen-bond donors (Lipinski definition) is 2. The van der Waals surface area contributed by atoms with Crippen molar-refractivity contribution < 1.29 is 32.3 Å². The highest BCUT2D eigenvalue weighted by atomic mass is 35.5. The molecule has 0 spiro atoms. The van der Waals surface area contributed by atoms with E-state index in [9.17, 15) is 27.6 Å². The number of rotatable bonds is 12. The molecule has 1 aromatic rings. The fraction of sp³-hybridized carbons (Fsp3) is 0.485. The Kier molecular flexibility index (Phi) is 18.9. The molecule has 1 fully saturated rings. The van der Waals surface area contributed by atoms with Crippen LogP contribution in [0.25, 0.3) is 0 Å². The van der Waals surface area contributed by atoms with Gasteiger partial charge in [-0.1, -0.05) is 44.5 Å². The lowest BCUT2D eigenvalue weighted by Crippen LogP contribution is -2.51. The van der Waals surface area contributed by atoms with Crippen LogP contribution in [0, 0.1) is 0 Å². The van der Waals surface area contributed by atoms with Crippen LogP contribution in [0.5, 0.6) is 0 Å².